The molecule has 1 aliphatic rings. The summed E-state index contributed by atoms with van der Waals surface area (Å²) < 4.78 is 14.1. The third kappa shape index (κ3) is 3.92. The summed E-state index contributed by atoms with van der Waals surface area (Å²) in [6.07, 6.45) is 4.03. The molecular formula is C15H22FN3O2. The number of hydrogen-bond acceptors (Lipinski definition) is 4. The number of likely N-dealkylation sites (tertiary alicyclic amines) is 1. The summed E-state index contributed by atoms with van der Waals surface area (Å²) in [5.41, 5.74) is 6.41. The number of rotatable bonds is 5. The lowest BCUT2D eigenvalue weighted by atomic mass is 9.98. The minimum atomic E-state index is -0.354. The average molecular weight is 295 g/mol. The van der Waals surface area contributed by atoms with Crippen molar-refractivity contribution in [2.75, 3.05) is 13.2 Å². The average Bonchev–Trinajstić information content (AvgIpc) is 2.50. The number of amidine groups is 1. The van der Waals surface area contributed by atoms with E-state index in [1.165, 1.54) is 6.07 Å². The van der Waals surface area contributed by atoms with Gasteiger partial charge in [0.05, 0.1) is 0 Å². The van der Waals surface area contributed by atoms with Crippen LogP contribution < -0.4 is 5.73 Å². The Morgan fingerprint density at radius 2 is 2.24 bits per heavy atom. The van der Waals surface area contributed by atoms with Crippen LogP contribution in [0.25, 0.3) is 0 Å². The Kier molecular flexibility index (Phi) is 5.52. The second-order valence-corrected chi connectivity index (χ2v) is 5.42. The topological polar surface area (TPSA) is 82.1 Å². The SMILES string of the molecule is N/C(=N\O)c1ccc(CN2CCCCC2CCO)c(F)c1. The molecule has 0 aromatic heterocycles. The van der Waals surface area contributed by atoms with Gasteiger partial charge in [0.15, 0.2) is 5.84 Å². The fourth-order valence-corrected chi connectivity index (χ4v) is 2.86. The monoisotopic (exact) mass is 295 g/mol. The van der Waals surface area contributed by atoms with E-state index in [0.29, 0.717) is 23.7 Å². The molecule has 0 aliphatic carbocycles. The highest BCUT2D eigenvalue weighted by molar-refractivity contribution is 5.97. The molecular weight excluding hydrogens is 273 g/mol. The van der Waals surface area contributed by atoms with Gasteiger partial charge >= 0.3 is 0 Å². The molecule has 1 aromatic carbocycles. The number of benzene rings is 1. The van der Waals surface area contributed by atoms with Crippen molar-refractivity contribution in [2.24, 2.45) is 10.9 Å². The van der Waals surface area contributed by atoms with Crippen LogP contribution in [0.3, 0.4) is 0 Å². The summed E-state index contributed by atoms with van der Waals surface area (Å²) in [5, 5.41) is 20.6. The molecule has 1 unspecified atom stereocenters. The summed E-state index contributed by atoms with van der Waals surface area (Å²) in [5.74, 6) is -0.455. The van der Waals surface area contributed by atoms with Crippen LogP contribution in [0.1, 0.15) is 36.8 Å². The van der Waals surface area contributed by atoms with Crippen LogP contribution in [0, 0.1) is 5.82 Å². The van der Waals surface area contributed by atoms with Crippen LogP contribution in [-0.4, -0.2) is 40.2 Å². The van der Waals surface area contributed by atoms with E-state index in [4.69, 9.17) is 16.0 Å². The molecule has 0 bridgehead atoms. The predicted molar refractivity (Wildman–Crippen MR) is 78.7 cm³/mol. The van der Waals surface area contributed by atoms with Crippen LogP contribution in [-0.2, 0) is 6.54 Å². The first-order valence-electron chi connectivity index (χ1n) is 7.27. The van der Waals surface area contributed by atoms with Crippen LogP contribution in [0.2, 0.25) is 0 Å². The van der Waals surface area contributed by atoms with Crippen molar-refractivity contribution in [3.8, 4) is 0 Å². The van der Waals surface area contributed by atoms with E-state index in [0.717, 1.165) is 32.2 Å². The fraction of sp³-hybridized carbons (Fsp3) is 0.533. The number of aliphatic hydroxyl groups is 1. The molecule has 6 heteroatoms. The summed E-state index contributed by atoms with van der Waals surface area (Å²) in [6, 6.07) is 4.92. The zero-order valence-corrected chi connectivity index (χ0v) is 12.0. The highest BCUT2D eigenvalue weighted by Crippen LogP contribution is 2.23. The van der Waals surface area contributed by atoms with Crippen LogP contribution in [0.5, 0.6) is 0 Å². The van der Waals surface area contributed by atoms with Gasteiger partial charge in [-0.1, -0.05) is 23.7 Å². The minimum absolute atomic E-state index is 0.100. The van der Waals surface area contributed by atoms with E-state index >= 15 is 0 Å². The van der Waals surface area contributed by atoms with E-state index in [1.807, 2.05) is 0 Å². The van der Waals surface area contributed by atoms with E-state index in [-0.39, 0.29) is 18.3 Å². The van der Waals surface area contributed by atoms with Crippen molar-refractivity contribution in [3.05, 3.63) is 35.1 Å². The van der Waals surface area contributed by atoms with E-state index < -0.39 is 0 Å². The normalized spacial score (nSPS) is 20.7. The number of hydrogen-bond donors (Lipinski definition) is 3. The molecule has 1 heterocycles. The lowest BCUT2D eigenvalue weighted by Crippen LogP contribution is -2.39. The first kappa shape index (κ1) is 15.7. The van der Waals surface area contributed by atoms with Gasteiger partial charge in [-0.05, 0) is 31.9 Å². The van der Waals surface area contributed by atoms with Crippen molar-refractivity contribution < 1.29 is 14.7 Å². The second kappa shape index (κ2) is 7.38. The van der Waals surface area contributed by atoms with Crippen molar-refractivity contribution in [2.45, 2.75) is 38.3 Å². The minimum Gasteiger partial charge on any atom is -0.409 e. The molecule has 116 valence electrons. The van der Waals surface area contributed by atoms with Crippen molar-refractivity contribution in [3.63, 3.8) is 0 Å². The largest absolute Gasteiger partial charge is 0.409 e. The summed E-state index contributed by atoms with van der Waals surface area (Å²) in [6.45, 7) is 1.60. The number of piperidine rings is 1. The summed E-state index contributed by atoms with van der Waals surface area (Å²) in [4.78, 5) is 2.22. The zero-order valence-electron chi connectivity index (χ0n) is 12.0. The zero-order chi connectivity index (χ0) is 15.2. The van der Waals surface area contributed by atoms with Gasteiger partial charge in [-0.15, -0.1) is 0 Å². The smallest absolute Gasteiger partial charge is 0.170 e. The van der Waals surface area contributed by atoms with Crippen LogP contribution >= 0.6 is 0 Å². The number of oxime groups is 1. The highest BCUT2D eigenvalue weighted by Gasteiger charge is 2.22. The maximum absolute atomic E-state index is 14.1. The molecule has 0 saturated carbocycles. The first-order chi connectivity index (χ1) is 10.2. The third-order valence-electron chi connectivity index (χ3n) is 4.04. The number of halogens is 1. The molecule has 0 amide bonds. The van der Waals surface area contributed by atoms with Gasteiger partial charge in [-0.2, -0.15) is 0 Å². The van der Waals surface area contributed by atoms with E-state index in [1.54, 1.807) is 12.1 Å². The van der Waals surface area contributed by atoms with Gasteiger partial charge in [0.25, 0.3) is 0 Å². The molecule has 0 radical (unpaired) electrons. The molecule has 2 rings (SSSR count). The van der Waals surface area contributed by atoms with E-state index in [9.17, 15) is 4.39 Å². The Hall–Kier alpha value is -1.66. The molecule has 1 fully saturated rings. The van der Waals surface area contributed by atoms with Crippen molar-refractivity contribution in [1.29, 1.82) is 0 Å². The highest BCUT2D eigenvalue weighted by atomic mass is 19.1. The maximum Gasteiger partial charge on any atom is 0.170 e. The Morgan fingerprint density at radius 3 is 2.90 bits per heavy atom. The predicted octanol–water partition coefficient (Wildman–Crippen LogP) is 1.66. The number of aliphatic hydroxyl groups excluding tert-OH is 1. The molecule has 5 nitrogen and oxygen atoms in total. The van der Waals surface area contributed by atoms with Gasteiger partial charge < -0.3 is 16.0 Å². The molecule has 0 spiro atoms. The Morgan fingerprint density at radius 1 is 1.43 bits per heavy atom. The lowest BCUT2D eigenvalue weighted by molar-refractivity contribution is 0.111. The van der Waals surface area contributed by atoms with Crippen molar-refractivity contribution in [1.82, 2.24) is 4.90 Å². The van der Waals surface area contributed by atoms with Gasteiger partial charge in [0.1, 0.15) is 5.82 Å². The Labute approximate surface area is 123 Å². The summed E-state index contributed by atoms with van der Waals surface area (Å²) in [7, 11) is 0. The van der Waals surface area contributed by atoms with Gasteiger partial charge in [0, 0.05) is 30.3 Å². The van der Waals surface area contributed by atoms with Gasteiger partial charge in [-0.25, -0.2) is 4.39 Å². The summed E-state index contributed by atoms with van der Waals surface area (Å²) >= 11 is 0. The molecule has 1 aliphatic heterocycles. The quantitative estimate of drug-likeness (QED) is 0.334. The number of nitrogens with two attached hydrogens (primary N) is 1. The lowest BCUT2D eigenvalue weighted by Gasteiger charge is -2.35. The molecule has 4 N–H and O–H groups in total. The first-order valence-corrected chi connectivity index (χ1v) is 7.27. The van der Waals surface area contributed by atoms with Crippen LogP contribution in [0.15, 0.2) is 23.4 Å². The van der Waals surface area contributed by atoms with Gasteiger partial charge in [-0.3, -0.25) is 4.90 Å². The molecule has 21 heavy (non-hydrogen) atoms. The Balaban J connectivity index is 2.11. The standard InChI is InChI=1S/C15H22FN3O2/c16-14-9-11(15(17)18-21)4-5-12(14)10-19-7-2-1-3-13(19)6-8-20/h4-5,9,13,20-21H,1-3,6-8,10H2,(H2,17,18). The third-order valence-corrected chi connectivity index (χ3v) is 4.04. The van der Waals surface area contributed by atoms with Crippen molar-refractivity contribution >= 4 is 5.84 Å². The number of nitrogens with zero attached hydrogens (tertiary/aromatic N) is 2. The second-order valence-electron chi connectivity index (χ2n) is 5.42. The van der Waals surface area contributed by atoms with Crippen LogP contribution in [0.4, 0.5) is 4.39 Å². The van der Waals surface area contributed by atoms with Gasteiger partial charge in [0.2, 0.25) is 0 Å². The maximum atomic E-state index is 14.1. The fourth-order valence-electron chi connectivity index (χ4n) is 2.86. The van der Waals surface area contributed by atoms with E-state index in [2.05, 4.69) is 10.1 Å². The molecule has 1 saturated heterocycles. The molecule has 1 aromatic rings. The molecule has 1 atom stereocenters. The Bertz CT molecular complexity index is 506.